The van der Waals surface area contributed by atoms with Gasteiger partial charge in [0, 0.05) is 22.5 Å². The fraction of sp³-hybridized carbons (Fsp3) is 0.188. The van der Waals surface area contributed by atoms with Gasteiger partial charge in [-0.25, -0.2) is 4.98 Å². The Balaban J connectivity index is 1.87. The highest BCUT2D eigenvalue weighted by atomic mass is 79.9. The number of nitrogens with two attached hydrogens (primary N) is 1. The van der Waals surface area contributed by atoms with E-state index in [1.54, 1.807) is 18.4 Å². The van der Waals surface area contributed by atoms with E-state index in [9.17, 15) is 0 Å². The van der Waals surface area contributed by atoms with Crippen LogP contribution in [-0.2, 0) is 6.42 Å². The zero-order valence-corrected chi connectivity index (χ0v) is 13.9. The van der Waals surface area contributed by atoms with Gasteiger partial charge in [0.15, 0.2) is 0 Å². The van der Waals surface area contributed by atoms with Crippen molar-refractivity contribution < 1.29 is 4.74 Å². The standard InChI is InChI=1S/C16H15BrN2OS/c1-20-14-8-10(17)6-7-11(14)12(18)9-16-19-13-4-2-3-5-15(13)21-16/h2-8,12H,9,18H2,1H3. The summed E-state index contributed by atoms with van der Waals surface area (Å²) in [5.74, 6) is 0.804. The number of hydrogen-bond donors (Lipinski definition) is 1. The number of benzene rings is 2. The van der Waals surface area contributed by atoms with E-state index >= 15 is 0 Å². The van der Waals surface area contributed by atoms with Crippen molar-refractivity contribution in [2.45, 2.75) is 12.5 Å². The summed E-state index contributed by atoms with van der Waals surface area (Å²) in [5.41, 5.74) is 8.38. The number of rotatable bonds is 4. The van der Waals surface area contributed by atoms with Crippen LogP contribution in [0.3, 0.4) is 0 Å². The van der Waals surface area contributed by atoms with E-state index < -0.39 is 0 Å². The molecule has 5 heteroatoms. The number of aromatic nitrogens is 1. The second-order valence-electron chi connectivity index (χ2n) is 4.77. The molecule has 0 aliphatic rings. The van der Waals surface area contributed by atoms with E-state index in [-0.39, 0.29) is 6.04 Å². The van der Waals surface area contributed by atoms with Gasteiger partial charge in [-0.3, -0.25) is 0 Å². The Morgan fingerprint density at radius 1 is 1.29 bits per heavy atom. The predicted molar refractivity (Wildman–Crippen MR) is 90.9 cm³/mol. The van der Waals surface area contributed by atoms with E-state index in [1.807, 2.05) is 36.4 Å². The Bertz CT molecular complexity index is 739. The maximum atomic E-state index is 6.35. The molecule has 0 bridgehead atoms. The number of ether oxygens (including phenoxy) is 1. The molecular weight excluding hydrogens is 348 g/mol. The molecule has 0 spiro atoms. The molecule has 2 N–H and O–H groups in total. The highest BCUT2D eigenvalue weighted by molar-refractivity contribution is 9.10. The van der Waals surface area contributed by atoms with E-state index in [2.05, 4.69) is 27.0 Å². The Labute approximate surface area is 135 Å². The fourth-order valence-electron chi connectivity index (χ4n) is 2.30. The molecule has 3 aromatic rings. The summed E-state index contributed by atoms with van der Waals surface area (Å²) < 4.78 is 7.60. The van der Waals surface area contributed by atoms with Crippen molar-refractivity contribution in [3.8, 4) is 5.75 Å². The predicted octanol–water partition coefficient (Wildman–Crippen LogP) is 4.31. The second-order valence-corrected chi connectivity index (χ2v) is 6.80. The van der Waals surface area contributed by atoms with Crippen molar-refractivity contribution in [2.75, 3.05) is 7.11 Å². The summed E-state index contributed by atoms with van der Waals surface area (Å²) in [6.45, 7) is 0. The van der Waals surface area contributed by atoms with Crippen LogP contribution in [0.15, 0.2) is 46.9 Å². The number of thiazole rings is 1. The molecule has 0 saturated carbocycles. The van der Waals surface area contributed by atoms with Crippen molar-refractivity contribution in [2.24, 2.45) is 5.73 Å². The SMILES string of the molecule is COc1cc(Br)ccc1C(N)Cc1nc2ccccc2s1. The van der Waals surface area contributed by atoms with Crippen molar-refractivity contribution >= 4 is 37.5 Å². The summed E-state index contributed by atoms with van der Waals surface area (Å²) in [6, 6.07) is 13.9. The van der Waals surface area contributed by atoms with Gasteiger partial charge in [0.25, 0.3) is 0 Å². The van der Waals surface area contributed by atoms with Crippen LogP contribution in [-0.4, -0.2) is 12.1 Å². The number of halogens is 1. The monoisotopic (exact) mass is 362 g/mol. The molecule has 108 valence electrons. The van der Waals surface area contributed by atoms with Crippen LogP contribution in [0.25, 0.3) is 10.2 Å². The second kappa shape index (κ2) is 6.13. The van der Waals surface area contributed by atoms with Crippen LogP contribution in [0.5, 0.6) is 5.75 Å². The largest absolute Gasteiger partial charge is 0.496 e. The minimum atomic E-state index is -0.131. The van der Waals surface area contributed by atoms with Crippen molar-refractivity contribution in [1.82, 2.24) is 4.98 Å². The summed E-state index contributed by atoms with van der Waals surface area (Å²) in [6.07, 6.45) is 0.706. The lowest BCUT2D eigenvalue weighted by molar-refractivity contribution is 0.405. The van der Waals surface area contributed by atoms with Crippen molar-refractivity contribution in [1.29, 1.82) is 0 Å². The topological polar surface area (TPSA) is 48.1 Å². The minimum Gasteiger partial charge on any atom is -0.496 e. The molecular formula is C16H15BrN2OS. The Morgan fingerprint density at radius 3 is 2.86 bits per heavy atom. The number of hydrogen-bond acceptors (Lipinski definition) is 4. The molecule has 0 fully saturated rings. The van der Waals surface area contributed by atoms with Crippen LogP contribution >= 0.6 is 27.3 Å². The van der Waals surface area contributed by atoms with Gasteiger partial charge >= 0.3 is 0 Å². The van der Waals surface area contributed by atoms with Gasteiger partial charge in [0.2, 0.25) is 0 Å². The fourth-order valence-corrected chi connectivity index (χ4v) is 3.66. The molecule has 0 radical (unpaired) electrons. The first-order valence-electron chi connectivity index (χ1n) is 6.61. The molecule has 1 aromatic heterocycles. The maximum absolute atomic E-state index is 6.35. The van der Waals surface area contributed by atoms with Crippen LogP contribution in [0.1, 0.15) is 16.6 Å². The lowest BCUT2D eigenvalue weighted by atomic mass is 10.0. The first-order chi connectivity index (χ1) is 10.2. The molecule has 0 amide bonds. The van der Waals surface area contributed by atoms with Crippen LogP contribution in [0.4, 0.5) is 0 Å². The number of fused-ring (bicyclic) bond motifs is 1. The van der Waals surface area contributed by atoms with Crippen molar-refractivity contribution in [3.05, 3.63) is 57.5 Å². The summed E-state index contributed by atoms with van der Waals surface area (Å²) >= 11 is 5.14. The molecule has 1 atom stereocenters. The zero-order chi connectivity index (χ0) is 14.8. The lowest BCUT2D eigenvalue weighted by Gasteiger charge is -2.14. The van der Waals surface area contributed by atoms with Gasteiger partial charge in [-0.15, -0.1) is 11.3 Å². The van der Waals surface area contributed by atoms with Gasteiger partial charge in [-0.2, -0.15) is 0 Å². The Morgan fingerprint density at radius 2 is 2.10 bits per heavy atom. The van der Waals surface area contributed by atoms with Crippen LogP contribution in [0, 0.1) is 0 Å². The average Bonchev–Trinajstić information content (AvgIpc) is 2.88. The van der Waals surface area contributed by atoms with Crippen LogP contribution in [0.2, 0.25) is 0 Å². The Kier molecular flexibility index (Phi) is 4.24. The van der Waals surface area contributed by atoms with Crippen LogP contribution < -0.4 is 10.5 Å². The molecule has 0 aliphatic carbocycles. The molecule has 2 aromatic carbocycles. The quantitative estimate of drug-likeness (QED) is 0.752. The first kappa shape index (κ1) is 14.5. The molecule has 1 unspecified atom stereocenters. The number of para-hydroxylation sites is 1. The normalized spacial score (nSPS) is 12.5. The molecule has 0 aliphatic heterocycles. The smallest absolute Gasteiger partial charge is 0.124 e. The van der Waals surface area contributed by atoms with Gasteiger partial charge in [-0.05, 0) is 24.3 Å². The highest BCUT2D eigenvalue weighted by Gasteiger charge is 2.15. The van der Waals surface area contributed by atoms with E-state index in [4.69, 9.17) is 10.5 Å². The van der Waals surface area contributed by atoms with Gasteiger partial charge in [0.05, 0.1) is 22.3 Å². The summed E-state index contributed by atoms with van der Waals surface area (Å²) in [5, 5.41) is 1.05. The minimum absolute atomic E-state index is 0.131. The third-order valence-electron chi connectivity index (χ3n) is 3.33. The van der Waals surface area contributed by atoms with Gasteiger partial charge in [0.1, 0.15) is 5.75 Å². The van der Waals surface area contributed by atoms with E-state index in [0.717, 1.165) is 26.3 Å². The molecule has 1 heterocycles. The third kappa shape index (κ3) is 3.10. The maximum Gasteiger partial charge on any atom is 0.124 e. The summed E-state index contributed by atoms with van der Waals surface area (Å²) in [7, 11) is 1.66. The third-order valence-corrected chi connectivity index (χ3v) is 4.88. The number of nitrogens with zero attached hydrogens (tertiary/aromatic N) is 1. The molecule has 3 rings (SSSR count). The first-order valence-corrected chi connectivity index (χ1v) is 8.22. The lowest BCUT2D eigenvalue weighted by Crippen LogP contribution is -2.14. The van der Waals surface area contributed by atoms with Gasteiger partial charge < -0.3 is 10.5 Å². The highest BCUT2D eigenvalue weighted by Crippen LogP contribution is 2.31. The molecule has 21 heavy (non-hydrogen) atoms. The zero-order valence-electron chi connectivity index (χ0n) is 11.5. The average molecular weight is 363 g/mol. The van der Waals surface area contributed by atoms with E-state index in [1.165, 1.54) is 4.70 Å². The summed E-state index contributed by atoms with van der Waals surface area (Å²) in [4.78, 5) is 4.64. The van der Waals surface area contributed by atoms with Gasteiger partial charge in [-0.1, -0.05) is 34.1 Å². The number of methoxy groups -OCH3 is 1. The van der Waals surface area contributed by atoms with Crippen molar-refractivity contribution in [3.63, 3.8) is 0 Å². The molecule has 0 saturated heterocycles. The Hall–Kier alpha value is -1.43. The molecule has 3 nitrogen and oxygen atoms in total. The van der Waals surface area contributed by atoms with E-state index in [0.29, 0.717) is 6.42 Å².